The monoisotopic (exact) mass is 287 g/mol. The molecule has 0 fully saturated rings. The molecule has 6 heteroatoms. The maximum Gasteiger partial charge on any atom is 0.0847 e. The van der Waals surface area contributed by atoms with Crippen LogP contribution in [0, 0.1) is 6.92 Å². The summed E-state index contributed by atoms with van der Waals surface area (Å²) in [6.45, 7) is 9.12. The summed E-state index contributed by atoms with van der Waals surface area (Å²) in [6, 6.07) is 0.0846. The third-order valence-electron chi connectivity index (χ3n) is 4.06. The van der Waals surface area contributed by atoms with Gasteiger partial charge in [0.2, 0.25) is 0 Å². The maximum atomic E-state index is 6.36. The fourth-order valence-electron chi connectivity index (χ4n) is 2.08. The van der Waals surface area contributed by atoms with Gasteiger partial charge in [-0.2, -0.15) is 5.10 Å². The van der Waals surface area contributed by atoms with Crippen LogP contribution in [0.5, 0.6) is 0 Å². The molecular weight excluding hydrogens is 262 g/mol. The van der Waals surface area contributed by atoms with Crippen LogP contribution in [0.3, 0.4) is 0 Å². The molecule has 1 unspecified atom stereocenters. The second-order valence-corrected chi connectivity index (χ2v) is 6.01. The van der Waals surface area contributed by atoms with E-state index < -0.39 is 0 Å². The lowest BCUT2D eigenvalue weighted by atomic mass is 9.90. The Morgan fingerprint density at radius 1 is 1.47 bits per heavy atom. The number of likely N-dealkylation sites (N-methyl/N-ethyl adjacent to an activating group) is 1. The molecule has 3 N–H and O–H groups in total. The van der Waals surface area contributed by atoms with Crippen molar-refractivity contribution in [1.82, 2.24) is 20.1 Å². The van der Waals surface area contributed by atoms with E-state index >= 15 is 0 Å². The molecule has 0 aliphatic rings. The Hall–Kier alpha value is -0.620. The third kappa shape index (κ3) is 3.28. The first-order valence-electron chi connectivity index (χ1n) is 6.61. The van der Waals surface area contributed by atoms with E-state index in [1.165, 1.54) is 0 Å². The van der Waals surface area contributed by atoms with Gasteiger partial charge >= 0.3 is 0 Å². The minimum absolute atomic E-state index is 0.0846. The first-order valence-corrected chi connectivity index (χ1v) is 6.98. The number of halogens is 1. The minimum atomic E-state index is -0.0885. The molecule has 0 radical (unpaired) electrons. The Kier molecular flexibility index (Phi) is 5.38. The number of aryl methyl sites for hydroxylation is 2. The lowest BCUT2D eigenvalue weighted by Crippen LogP contribution is -2.58. The summed E-state index contributed by atoms with van der Waals surface area (Å²) < 4.78 is 1.95. The predicted octanol–water partition coefficient (Wildman–Crippen LogP) is 1.58. The molecular formula is C13H26ClN5. The highest BCUT2D eigenvalue weighted by Gasteiger charge is 2.32. The van der Waals surface area contributed by atoms with Gasteiger partial charge in [-0.1, -0.05) is 11.6 Å². The first-order chi connectivity index (χ1) is 8.75. The van der Waals surface area contributed by atoms with E-state index in [1.807, 2.05) is 25.7 Å². The van der Waals surface area contributed by atoms with E-state index in [2.05, 4.69) is 36.2 Å². The second kappa shape index (κ2) is 6.22. The zero-order chi connectivity index (χ0) is 14.8. The van der Waals surface area contributed by atoms with Crippen LogP contribution in [0.15, 0.2) is 0 Å². The number of nitrogens with one attached hydrogen (secondary N) is 1. The Labute approximate surface area is 121 Å². The number of hydrazine groups is 1. The van der Waals surface area contributed by atoms with Crippen LogP contribution >= 0.6 is 11.6 Å². The summed E-state index contributed by atoms with van der Waals surface area (Å²) in [5.41, 5.74) is 4.74. The van der Waals surface area contributed by atoms with Gasteiger partial charge in [-0.05, 0) is 41.8 Å². The van der Waals surface area contributed by atoms with Gasteiger partial charge in [-0.3, -0.25) is 16.0 Å². The average molecular weight is 288 g/mol. The van der Waals surface area contributed by atoms with E-state index in [9.17, 15) is 0 Å². The fraction of sp³-hybridized carbons (Fsp3) is 0.769. The van der Waals surface area contributed by atoms with E-state index in [-0.39, 0.29) is 11.6 Å². The van der Waals surface area contributed by atoms with Crippen LogP contribution in [0.4, 0.5) is 0 Å². The molecule has 1 atom stereocenters. The summed E-state index contributed by atoms with van der Waals surface area (Å²) >= 11 is 6.36. The maximum absolute atomic E-state index is 6.36. The van der Waals surface area contributed by atoms with Gasteiger partial charge < -0.3 is 4.90 Å². The molecule has 1 rings (SSSR count). The summed E-state index contributed by atoms with van der Waals surface area (Å²) in [4.78, 5) is 2.16. The van der Waals surface area contributed by atoms with Crippen molar-refractivity contribution >= 4 is 11.6 Å². The van der Waals surface area contributed by atoms with Crippen molar-refractivity contribution in [2.75, 3.05) is 14.1 Å². The molecule has 0 saturated heterocycles. The zero-order valence-corrected chi connectivity index (χ0v) is 13.5. The third-order valence-corrected chi connectivity index (χ3v) is 4.55. The number of nitrogens with two attached hydrogens (primary N) is 1. The van der Waals surface area contributed by atoms with E-state index in [0.29, 0.717) is 0 Å². The van der Waals surface area contributed by atoms with Crippen molar-refractivity contribution in [2.45, 2.75) is 52.2 Å². The van der Waals surface area contributed by atoms with Gasteiger partial charge in [-0.15, -0.1) is 0 Å². The summed E-state index contributed by atoms with van der Waals surface area (Å²) in [6.07, 6.45) is 0.745. The van der Waals surface area contributed by atoms with Crippen LogP contribution in [-0.2, 0) is 13.0 Å². The average Bonchev–Trinajstić information content (AvgIpc) is 2.62. The van der Waals surface area contributed by atoms with Crippen molar-refractivity contribution in [3.05, 3.63) is 16.4 Å². The molecule has 0 amide bonds. The Balaban J connectivity index is 3.06. The first kappa shape index (κ1) is 16.4. The molecule has 0 aliphatic heterocycles. The topological polar surface area (TPSA) is 59.1 Å². The smallest absolute Gasteiger partial charge is 0.0847 e. The van der Waals surface area contributed by atoms with Crippen LogP contribution in [0.25, 0.3) is 0 Å². The number of nitrogens with zero attached hydrogens (tertiary/aromatic N) is 3. The summed E-state index contributed by atoms with van der Waals surface area (Å²) in [7, 11) is 4.10. The molecule has 1 aromatic rings. The fourth-order valence-corrected chi connectivity index (χ4v) is 2.29. The Bertz CT molecular complexity index is 425. The molecule has 19 heavy (non-hydrogen) atoms. The SMILES string of the molecule is CCn1nc(C)c(Cl)c1CC(NN)C(C)(C)N(C)C. The number of rotatable bonds is 6. The van der Waals surface area contributed by atoms with E-state index in [4.69, 9.17) is 17.4 Å². The number of hydrogen-bond donors (Lipinski definition) is 2. The van der Waals surface area contributed by atoms with Crippen LogP contribution in [0.2, 0.25) is 5.02 Å². The molecule has 0 aliphatic carbocycles. The highest BCUT2D eigenvalue weighted by Crippen LogP contribution is 2.25. The predicted molar refractivity (Wildman–Crippen MR) is 80.2 cm³/mol. The zero-order valence-electron chi connectivity index (χ0n) is 12.8. The van der Waals surface area contributed by atoms with Gasteiger partial charge in [0.25, 0.3) is 0 Å². The van der Waals surface area contributed by atoms with Gasteiger partial charge in [0.1, 0.15) is 0 Å². The molecule has 1 heterocycles. The summed E-state index contributed by atoms with van der Waals surface area (Å²) in [5, 5.41) is 5.19. The number of hydrogen-bond acceptors (Lipinski definition) is 4. The van der Waals surface area contributed by atoms with Crippen molar-refractivity contribution in [3.8, 4) is 0 Å². The van der Waals surface area contributed by atoms with E-state index in [1.54, 1.807) is 0 Å². The van der Waals surface area contributed by atoms with E-state index in [0.717, 1.165) is 29.4 Å². The normalized spacial score (nSPS) is 14.2. The van der Waals surface area contributed by atoms with Crippen molar-refractivity contribution in [2.24, 2.45) is 5.84 Å². The minimum Gasteiger partial charge on any atom is -0.303 e. The highest BCUT2D eigenvalue weighted by molar-refractivity contribution is 6.31. The number of aromatic nitrogens is 2. The lowest BCUT2D eigenvalue weighted by Gasteiger charge is -2.39. The molecule has 5 nitrogen and oxygen atoms in total. The molecule has 0 aromatic carbocycles. The van der Waals surface area contributed by atoms with Crippen LogP contribution in [0.1, 0.15) is 32.2 Å². The Morgan fingerprint density at radius 3 is 2.47 bits per heavy atom. The largest absolute Gasteiger partial charge is 0.303 e. The van der Waals surface area contributed by atoms with Crippen molar-refractivity contribution in [1.29, 1.82) is 0 Å². The van der Waals surface area contributed by atoms with Crippen molar-refractivity contribution < 1.29 is 0 Å². The lowest BCUT2D eigenvalue weighted by molar-refractivity contribution is 0.136. The van der Waals surface area contributed by atoms with Gasteiger partial charge in [0, 0.05) is 24.5 Å². The standard InChI is InChI=1S/C13H26ClN5/c1-7-19-10(12(14)9(2)17-19)8-11(16-15)13(3,4)18(5)6/h11,16H,7-8,15H2,1-6H3. The molecule has 0 bridgehead atoms. The van der Waals surface area contributed by atoms with Gasteiger partial charge in [0.15, 0.2) is 0 Å². The van der Waals surface area contributed by atoms with Crippen molar-refractivity contribution in [3.63, 3.8) is 0 Å². The highest BCUT2D eigenvalue weighted by atomic mass is 35.5. The Morgan fingerprint density at radius 2 is 2.05 bits per heavy atom. The molecule has 110 valence electrons. The van der Waals surface area contributed by atoms with Gasteiger partial charge in [0.05, 0.1) is 16.4 Å². The quantitative estimate of drug-likeness (QED) is 0.616. The molecule has 1 aromatic heterocycles. The summed E-state index contributed by atoms with van der Waals surface area (Å²) in [5.74, 6) is 5.74. The molecule has 0 saturated carbocycles. The second-order valence-electron chi connectivity index (χ2n) is 5.63. The van der Waals surface area contributed by atoms with Gasteiger partial charge in [-0.25, -0.2) is 0 Å². The molecule has 0 spiro atoms. The van der Waals surface area contributed by atoms with Crippen LogP contribution in [-0.4, -0.2) is 40.4 Å². The van der Waals surface area contributed by atoms with Crippen LogP contribution < -0.4 is 11.3 Å².